The number of benzene rings is 1. The molecule has 0 bridgehead atoms. The van der Waals surface area contributed by atoms with Gasteiger partial charge in [0.25, 0.3) is 5.91 Å². The highest BCUT2D eigenvalue weighted by Crippen LogP contribution is 2.23. The number of phenolic OH excluding ortho intramolecular Hbond substituents is 1. The molecule has 2 heterocycles. The van der Waals surface area contributed by atoms with Gasteiger partial charge in [0, 0.05) is 25.0 Å². The van der Waals surface area contributed by atoms with Crippen LogP contribution in [0.3, 0.4) is 0 Å². The van der Waals surface area contributed by atoms with Crippen molar-refractivity contribution in [1.82, 2.24) is 4.98 Å². The van der Waals surface area contributed by atoms with E-state index in [1.54, 1.807) is 36.5 Å². The molecule has 0 saturated carbocycles. The van der Waals surface area contributed by atoms with Crippen molar-refractivity contribution in [3.63, 3.8) is 0 Å². The lowest BCUT2D eigenvalue weighted by molar-refractivity contribution is 0.102. The number of hydrogen-bond acceptors (Lipinski definition) is 4. The zero-order chi connectivity index (χ0) is 16.1. The highest BCUT2D eigenvalue weighted by atomic mass is 16.3. The van der Waals surface area contributed by atoms with Gasteiger partial charge in [-0.2, -0.15) is 0 Å². The molecule has 1 fully saturated rings. The average molecular weight is 311 g/mol. The van der Waals surface area contributed by atoms with Crippen LogP contribution in [0.1, 0.15) is 36.0 Å². The molecule has 0 aliphatic carbocycles. The molecule has 5 heteroatoms. The first kappa shape index (κ1) is 15.3. The number of pyridine rings is 1. The molecule has 5 nitrogen and oxygen atoms in total. The number of carbonyl (C=O) groups is 1. The smallest absolute Gasteiger partial charge is 0.259 e. The van der Waals surface area contributed by atoms with Gasteiger partial charge in [-0.3, -0.25) is 4.79 Å². The molecule has 1 aromatic carbocycles. The summed E-state index contributed by atoms with van der Waals surface area (Å²) in [6.07, 6.45) is 6.47. The van der Waals surface area contributed by atoms with Crippen LogP contribution in [0.2, 0.25) is 0 Å². The first-order valence-electron chi connectivity index (χ1n) is 8.04. The molecule has 0 unspecified atom stereocenters. The second-order valence-corrected chi connectivity index (χ2v) is 5.78. The predicted molar refractivity (Wildman–Crippen MR) is 91.0 cm³/mol. The van der Waals surface area contributed by atoms with Gasteiger partial charge >= 0.3 is 0 Å². The maximum atomic E-state index is 12.6. The Morgan fingerprint density at radius 2 is 1.74 bits per heavy atom. The quantitative estimate of drug-likeness (QED) is 0.852. The Labute approximate surface area is 136 Å². The summed E-state index contributed by atoms with van der Waals surface area (Å²) in [5.41, 5.74) is 1.24. The molecule has 0 spiro atoms. The van der Waals surface area contributed by atoms with E-state index in [2.05, 4.69) is 15.2 Å². The van der Waals surface area contributed by atoms with Crippen molar-refractivity contribution in [2.75, 3.05) is 23.3 Å². The molecule has 0 atom stereocenters. The van der Waals surface area contributed by atoms with Crippen LogP contribution in [0.25, 0.3) is 0 Å². The van der Waals surface area contributed by atoms with E-state index in [9.17, 15) is 9.90 Å². The van der Waals surface area contributed by atoms with Crippen LogP contribution in [0, 0.1) is 0 Å². The fraction of sp³-hybridized carbons (Fsp3) is 0.333. The number of nitrogens with one attached hydrogen (secondary N) is 1. The molecular formula is C18H21N3O2. The number of carbonyl (C=O) groups excluding carboxylic acids is 1. The van der Waals surface area contributed by atoms with E-state index >= 15 is 0 Å². The third-order valence-electron chi connectivity index (χ3n) is 4.06. The van der Waals surface area contributed by atoms with Crippen LogP contribution in [0.5, 0.6) is 5.75 Å². The Hall–Kier alpha value is -2.56. The first-order chi connectivity index (χ1) is 11.2. The van der Waals surface area contributed by atoms with Crippen LogP contribution in [0.15, 0.2) is 42.6 Å². The normalized spacial score (nSPS) is 15.0. The molecule has 1 amide bonds. The van der Waals surface area contributed by atoms with Crippen LogP contribution in [0.4, 0.5) is 11.5 Å². The number of aromatic nitrogens is 1. The zero-order valence-corrected chi connectivity index (χ0v) is 13.0. The van der Waals surface area contributed by atoms with E-state index in [1.807, 2.05) is 6.07 Å². The van der Waals surface area contributed by atoms with Crippen molar-refractivity contribution >= 4 is 17.4 Å². The number of rotatable bonds is 3. The van der Waals surface area contributed by atoms with Crippen molar-refractivity contribution in [3.05, 3.63) is 48.2 Å². The van der Waals surface area contributed by atoms with Crippen LogP contribution < -0.4 is 10.2 Å². The van der Waals surface area contributed by atoms with Crippen molar-refractivity contribution in [2.24, 2.45) is 0 Å². The van der Waals surface area contributed by atoms with Crippen LogP contribution in [-0.2, 0) is 0 Å². The molecule has 1 saturated heterocycles. The lowest BCUT2D eigenvalue weighted by Crippen LogP contribution is -2.28. The van der Waals surface area contributed by atoms with E-state index in [4.69, 9.17) is 0 Å². The number of aromatic hydroxyl groups is 1. The largest absolute Gasteiger partial charge is 0.508 e. The van der Waals surface area contributed by atoms with E-state index in [0.29, 0.717) is 11.3 Å². The Morgan fingerprint density at radius 3 is 2.43 bits per heavy atom. The minimum absolute atomic E-state index is 0.176. The van der Waals surface area contributed by atoms with Gasteiger partial charge in [0.2, 0.25) is 0 Å². The molecule has 1 aromatic heterocycles. The predicted octanol–water partition coefficient (Wildman–Crippen LogP) is 3.42. The molecule has 0 radical (unpaired) electrons. The van der Waals surface area contributed by atoms with Gasteiger partial charge in [-0.25, -0.2) is 4.98 Å². The maximum Gasteiger partial charge on any atom is 0.259 e. The summed E-state index contributed by atoms with van der Waals surface area (Å²) in [5.74, 6) is 0.753. The number of anilines is 2. The van der Waals surface area contributed by atoms with Crippen LogP contribution in [-0.4, -0.2) is 29.1 Å². The Balaban J connectivity index is 1.81. The van der Waals surface area contributed by atoms with Crippen LogP contribution >= 0.6 is 0 Å². The van der Waals surface area contributed by atoms with E-state index in [1.165, 1.54) is 12.8 Å². The summed E-state index contributed by atoms with van der Waals surface area (Å²) in [4.78, 5) is 19.3. The Bertz CT molecular complexity index is 662. The summed E-state index contributed by atoms with van der Waals surface area (Å²) >= 11 is 0. The first-order valence-corrected chi connectivity index (χ1v) is 8.04. The molecule has 23 heavy (non-hydrogen) atoms. The fourth-order valence-electron chi connectivity index (χ4n) is 2.85. The number of phenols is 1. The van der Waals surface area contributed by atoms with Crippen molar-refractivity contribution < 1.29 is 9.90 Å². The van der Waals surface area contributed by atoms with Gasteiger partial charge in [-0.05, 0) is 49.2 Å². The number of amides is 1. The number of nitrogens with zero attached hydrogens (tertiary/aromatic N) is 2. The summed E-state index contributed by atoms with van der Waals surface area (Å²) in [6.45, 7) is 1.88. The Kier molecular flexibility index (Phi) is 4.76. The van der Waals surface area contributed by atoms with Gasteiger partial charge < -0.3 is 15.3 Å². The fourth-order valence-corrected chi connectivity index (χ4v) is 2.85. The highest BCUT2D eigenvalue weighted by Gasteiger charge is 2.19. The third-order valence-corrected chi connectivity index (χ3v) is 4.06. The minimum Gasteiger partial charge on any atom is -0.508 e. The lowest BCUT2D eigenvalue weighted by atomic mass is 10.2. The van der Waals surface area contributed by atoms with Crippen molar-refractivity contribution in [3.8, 4) is 5.75 Å². The second kappa shape index (κ2) is 7.13. The summed E-state index contributed by atoms with van der Waals surface area (Å²) in [5, 5.41) is 12.2. The molecular weight excluding hydrogens is 290 g/mol. The van der Waals surface area contributed by atoms with Gasteiger partial charge in [0.15, 0.2) is 0 Å². The second-order valence-electron chi connectivity index (χ2n) is 5.78. The molecule has 1 aliphatic rings. The number of hydrogen-bond donors (Lipinski definition) is 2. The monoisotopic (exact) mass is 311 g/mol. The van der Waals surface area contributed by atoms with Gasteiger partial charge in [-0.1, -0.05) is 12.8 Å². The lowest BCUT2D eigenvalue weighted by Gasteiger charge is -2.23. The maximum absolute atomic E-state index is 12.6. The average Bonchev–Trinajstić information content (AvgIpc) is 2.86. The standard InChI is InChI=1S/C18H21N3O2/c22-15-9-7-14(8-10-15)20-18(23)16-6-5-11-19-17(16)21-12-3-1-2-4-13-21/h5-11,22H,1-4,12-13H2,(H,20,23). The van der Waals surface area contributed by atoms with Crippen molar-refractivity contribution in [2.45, 2.75) is 25.7 Å². The SMILES string of the molecule is O=C(Nc1ccc(O)cc1)c1cccnc1N1CCCCCC1. The summed E-state index contributed by atoms with van der Waals surface area (Å²) < 4.78 is 0. The third kappa shape index (κ3) is 3.80. The topological polar surface area (TPSA) is 65.5 Å². The highest BCUT2D eigenvalue weighted by molar-refractivity contribution is 6.07. The Morgan fingerprint density at radius 1 is 1.04 bits per heavy atom. The van der Waals surface area contributed by atoms with Gasteiger partial charge in [0.05, 0.1) is 5.56 Å². The van der Waals surface area contributed by atoms with Gasteiger partial charge in [0.1, 0.15) is 11.6 Å². The van der Waals surface area contributed by atoms with E-state index < -0.39 is 0 Å². The molecule has 1 aliphatic heterocycles. The van der Waals surface area contributed by atoms with Gasteiger partial charge in [-0.15, -0.1) is 0 Å². The minimum atomic E-state index is -0.178. The molecule has 3 rings (SSSR count). The van der Waals surface area contributed by atoms with E-state index in [-0.39, 0.29) is 11.7 Å². The van der Waals surface area contributed by atoms with E-state index in [0.717, 1.165) is 31.7 Å². The molecule has 2 aromatic rings. The zero-order valence-electron chi connectivity index (χ0n) is 13.0. The summed E-state index contributed by atoms with van der Waals surface area (Å²) in [6, 6.07) is 10.0. The molecule has 120 valence electrons. The summed E-state index contributed by atoms with van der Waals surface area (Å²) in [7, 11) is 0. The molecule has 2 N–H and O–H groups in total. The van der Waals surface area contributed by atoms with Crippen molar-refractivity contribution in [1.29, 1.82) is 0 Å².